The normalized spacial score (nSPS) is 12.0. The second-order valence-corrected chi connectivity index (χ2v) is 6.01. The molecule has 0 amide bonds. The topological polar surface area (TPSA) is 43.4 Å². The maximum Gasteiger partial charge on any atom is 0.297 e. The van der Waals surface area contributed by atoms with E-state index in [2.05, 4.69) is 0 Å². The predicted octanol–water partition coefficient (Wildman–Crippen LogP) is 2.50. The van der Waals surface area contributed by atoms with Crippen molar-refractivity contribution in [3.8, 4) is 0 Å². The first-order valence-electron chi connectivity index (χ1n) is 4.73. The number of aryl methyl sites for hydroxylation is 1. The van der Waals surface area contributed by atoms with E-state index in [0.29, 0.717) is 0 Å². The van der Waals surface area contributed by atoms with Crippen LogP contribution in [0.25, 0.3) is 0 Å². The van der Waals surface area contributed by atoms with Gasteiger partial charge in [0.05, 0.1) is 10.5 Å². The maximum atomic E-state index is 11.7. The van der Waals surface area contributed by atoms with Crippen molar-refractivity contribution in [2.75, 3.05) is 0 Å². The Kier molecular flexibility index (Phi) is 5.20. The van der Waals surface area contributed by atoms with Crippen LogP contribution >= 0.6 is 0 Å². The molecule has 0 saturated carbocycles. The molecule has 0 N–H and O–H groups in total. The van der Waals surface area contributed by atoms with Crippen molar-refractivity contribution >= 4 is 10.1 Å². The zero-order valence-electron chi connectivity index (χ0n) is 9.80. The van der Waals surface area contributed by atoms with Gasteiger partial charge in [-0.1, -0.05) is 17.7 Å². The Morgan fingerprint density at radius 3 is 1.88 bits per heavy atom. The Bertz CT molecular complexity index is 429. The van der Waals surface area contributed by atoms with Gasteiger partial charge in [-0.3, -0.25) is 4.18 Å². The summed E-state index contributed by atoms with van der Waals surface area (Å²) in [7, 11) is -3.63. The molecular weight excluding hydrogens is 268 g/mol. The van der Waals surface area contributed by atoms with Gasteiger partial charge in [0.2, 0.25) is 0 Å². The van der Waals surface area contributed by atoms with E-state index in [1.807, 2.05) is 6.92 Å². The Morgan fingerprint density at radius 2 is 1.50 bits per heavy atom. The molecule has 0 radical (unpaired) electrons. The van der Waals surface area contributed by atoms with Crippen LogP contribution in [-0.2, 0) is 31.4 Å². The number of benzene rings is 1. The van der Waals surface area contributed by atoms with Crippen molar-refractivity contribution < 1.29 is 29.7 Å². The summed E-state index contributed by atoms with van der Waals surface area (Å²) in [5, 5.41) is 0. The van der Waals surface area contributed by atoms with Crippen LogP contribution in [0.4, 0.5) is 0 Å². The Labute approximate surface area is 108 Å². The molecule has 0 heterocycles. The molecule has 0 aromatic heterocycles. The van der Waals surface area contributed by atoms with Crippen LogP contribution in [0.2, 0.25) is 0 Å². The first-order valence-corrected chi connectivity index (χ1v) is 6.14. The SMILES string of the molecule is Cc1ccc(S(=O)(=O)OC(C)(C)C)cc1.[Fe]. The molecule has 0 saturated heterocycles. The van der Waals surface area contributed by atoms with Crippen LogP contribution < -0.4 is 0 Å². The predicted molar refractivity (Wildman–Crippen MR) is 59.2 cm³/mol. The number of hydrogen-bond acceptors (Lipinski definition) is 3. The Hall–Kier alpha value is -0.351. The average Bonchev–Trinajstić information content (AvgIpc) is 2.00. The molecule has 92 valence electrons. The molecule has 0 aliphatic rings. The summed E-state index contributed by atoms with van der Waals surface area (Å²) < 4.78 is 28.5. The Morgan fingerprint density at radius 1 is 1.06 bits per heavy atom. The molecule has 0 atom stereocenters. The van der Waals surface area contributed by atoms with E-state index in [0.717, 1.165) is 5.56 Å². The third-order valence-corrected chi connectivity index (χ3v) is 3.24. The van der Waals surface area contributed by atoms with Gasteiger partial charge in [-0.2, -0.15) is 8.42 Å². The molecule has 0 unspecified atom stereocenters. The third-order valence-electron chi connectivity index (χ3n) is 1.67. The quantitative estimate of drug-likeness (QED) is 0.619. The van der Waals surface area contributed by atoms with Gasteiger partial charge in [-0.05, 0) is 39.8 Å². The van der Waals surface area contributed by atoms with E-state index in [1.165, 1.54) is 0 Å². The molecule has 3 nitrogen and oxygen atoms in total. The molecule has 1 aromatic rings. The van der Waals surface area contributed by atoms with Gasteiger partial charge in [-0.15, -0.1) is 0 Å². The minimum atomic E-state index is -3.63. The maximum absolute atomic E-state index is 11.7. The molecule has 16 heavy (non-hydrogen) atoms. The van der Waals surface area contributed by atoms with E-state index in [1.54, 1.807) is 45.0 Å². The zero-order valence-corrected chi connectivity index (χ0v) is 11.7. The molecule has 5 heteroatoms. The monoisotopic (exact) mass is 284 g/mol. The van der Waals surface area contributed by atoms with Gasteiger partial charge in [0, 0.05) is 17.1 Å². The standard InChI is InChI=1S/C11H16O3S.Fe/c1-9-5-7-10(8-6-9)15(12,13)14-11(2,3)4;/h5-8H,1-4H3;. The molecule has 0 spiro atoms. The summed E-state index contributed by atoms with van der Waals surface area (Å²) in [4.78, 5) is 0.197. The first-order chi connectivity index (χ1) is 6.71. The van der Waals surface area contributed by atoms with Crippen LogP contribution in [0.3, 0.4) is 0 Å². The second kappa shape index (κ2) is 5.32. The summed E-state index contributed by atoms with van der Waals surface area (Å²) in [5.41, 5.74) is 0.314. The van der Waals surface area contributed by atoms with Crippen molar-refractivity contribution in [3.05, 3.63) is 29.8 Å². The van der Waals surface area contributed by atoms with Crippen molar-refractivity contribution in [1.29, 1.82) is 0 Å². The van der Waals surface area contributed by atoms with Crippen LogP contribution in [0.1, 0.15) is 26.3 Å². The average molecular weight is 284 g/mol. The third kappa shape index (κ3) is 4.66. The fourth-order valence-electron chi connectivity index (χ4n) is 1.08. The molecule has 0 aliphatic heterocycles. The molecule has 0 bridgehead atoms. The van der Waals surface area contributed by atoms with Gasteiger partial charge in [0.25, 0.3) is 10.1 Å². The Balaban J connectivity index is 0.00000225. The van der Waals surface area contributed by atoms with Gasteiger partial charge < -0.3 is 0 Å². The van der Waals surface area contributed by atoms with E-state index < -0.39 is 15.7 Å². The van der Waals surface area contributed by atoms with E-state index in [9.17, 15) is 8.42 Å². The van der Waals surface area contributed by atoms with Gasteiger partial charge in [-0.25, -0.2) is 0 Å². The van der Waals surface area contributed by atoms with Crippen LogP contribution in [0.15, 0.2) is 29.2 Å². The molecule has 1 rings (SSSR count). The van der Waals surface area contributed by atoms with Crippen LogP contribution in [-0.4, -0.2) is 14.0 Å². The van der Waals surface area contributed by atoms with Crippen molar-refractivity contribution in [1.82, 2.24) is 0 Å². The largest absolute Gasteiger partial charge is 0.297 e. The first kappa shape index (κ1) is 15.6. The number of rotatable bonds is 2. The minimum absolute atomic E-state index is 0. The molecule has 0 fully saturated rings. The van der Waals surface area contributed by atoms with Gasteiger partial charge in [0.15, 0.2) is 0 Å². The summed E-state index contributed by atoms with van der Waals surface area (Å²) >= 11 is 0. The van der Waals surface area contributed by atoms with Crippen LogP contribution in [0, 0.1) is 6.92 Å². The minimum Gasteiger partial charge on any atom is -0.261 e. The summed E-state index contributed by atoms with van der Waals surface area (Å²) in [6.07, 6.45) is 0. The van der Waals surface area contributed by atoms with Crippen molar-refractivity contribution in [3.63, 3.8) is 0 Å². The van der Waals surface area contributed by atoms with E-state index in [-0.39, 0.29) is 22.0 Å². The molecular formula is C11H16FeO3S. The number of hydrogen-bond donors (Lipinski definition) is 0. The smallest absolute Gasteiger partial charge is 0.261 e. The van der Waals surface area contributed by atoms with Crippen molar-refractivity contribution in [2.45, 2.75) is 38.2 Å². The van der Waals surface area contributed by atoms with Crippen LogP contribution in [0.5, 0.6) is 0 Å². The fraction of sp³-hybridized carbons (Fsp3) is 0.455. The van der Waals surface area contributed by atoms with Gasteiger partial charge >= 0.3 is 0 Å². The fourth-order valence-corrected chi connectivity index (χ4v) is 2.31. The molecule has 0 aliphatic carbocycles. The second-order valence-electron chi connectivity index (χ2n) is 4.46. The zero-order chi connectivity index (χ0) is 11.7. The summed E-state index contributed by atoms with van der Waals surface area (Å²) in [6, 6.07) is 6.60. The van der Waals surface area contributed by atoms with E-state index >= 15 is 0 Å². The summed E-state index contributed by atoms with van der Waals surface area (Å²) in [6.45, 7) is 7.03. The summed E-state index contributed by atoms with van der Waals surface area (Å²) in [5.74, 6) is 0. The van der Waals surface area contributed by atoms with Gasteiger partial charge in [0.1, 0.15) is 0 Å². The van der Waals surface area contributed by atoms with E-state index in [4.69, 9.17) is 4.18 Å². The molecule has 1 aromatic carbocycles. The van der Waals surface area contributed by atoms with Crippen molar-refractivity contribution in [2.24, 2.45) is 0 Å².